The first kappa shape index (κ1) is 18.2. The summed E-state index contributed by atoms with van der Waals surface area (Å²) in [5.74, 6) is 1.06. The summed E-state index contributed by atoms with van der Waals surface area (Å²) in [7, 11) is 0. The first-order chi connectivity index (χ1) is 14.5. The van der Waals surface area contributed by atoms with Crippen LogP contribution >= 0.6 is 0 Å². The molecule has 3 aliphatic carbocycles. The molecule has 1 heteroatoms. The van der Waals surface area contributed by atoms with E-state index in [1.165, 1.54) is 42.4 Å². The number of aromatic hydroxyl groups is 1. The third-order valence-electron chi connectivity index (χ3n) is 9.50. The van der Waals surface area contributed by atoms with Crippen LogP contribution < -0.4 is 0 Å². The minimum Gasteiger partial charge on any atom is -0.508 e. The van der Waals surface area contributed by atoms with Crippen molar-refractivity contribution in [2.75, 3.05) is 0 Å². The number of benzene rings is 3. The molecule has 152 valence electrons. The van der Waals surface area contributed by atoms with Crippen LogP contribution in [-0.2, 0) is 16.2 Å². The highest BCUT2D eigenvalue weighted by Gasteiger charge is 2.82. The Morgan fingerprint density at radius 2 is 1.30 bits per heavy atom. The molecule has 0 aromatic heterocycles. The summed E-state index contributed by atoms with van der Waals surface area (Å²) in [4.78, 5) is 0. The van der Waals surface area contributed by atoms with Gasteiger partial charge in [0.15, 0.2) is 0 Å². The Hall–Kier alpha value is -2.54. The van der Waals surface area contributed by atoms with Gasteiger partial charge < -0.3 is 5.11 Å². The lowest BCUT2D eigenvalue weighted by atomic mass is 9.34. The van der Waals surface area contributed by atoms with Gasteiger partial charge in [0, 0.05) is 10.8 Å². The molecule has 1 nitrogen and oxygen atoms in total. The topological polar surface area (TPSA) is 20.2 Å². The number of phenolic OH excluding ortho intramolecular Hbond substituents is 1. The SMILES string of the molecule is CC1CC2(c3ccccc3)CC3(c4ccc(O)cc4)CC(C)(c4ccccc4)C12C3. The highest BCUT2D eigenvalue weighted by Crippen LogP contribution is 2.86. The molecule has 6 rings (SSSR count). The van der Waals surface area contributed by atoms with Crippen LogP contribution in [0.5, 0.6) is 5.75 Å². The average Bonchev–Trinajstić information content (AvgIpc) is 3.21. The molecule has 0 radical (unpaired) electrons. The first-order valence-electron chi connectivity index (χ1n) is 11.4. The summed E-state index contributed by atoms with van der Waals surface area (Å²) in [6, 6.07) is 30.8. The minimum absolute atomic E-state index is 0.137. The summed E-state index contributed by atoms with van der Waals surface area (Å²) < 4.78 is 0. The van der Waals surface area contributed by atoms with Gasteiger partial charge in [0.25, 0.3) is 0 Å². The fraction of sp³-hybridized carbons (Fsp3) is 0.379. The Kier molecular flexibility index (Phi) is 3.52. The molecule has 0 aliphatic heterocycles. The molecule has 2 bridgehead atoms. The lowest BCUT2D eigenvalue weighted by Crippen LogP contribution is -2.66. The van der Waals surface area contributed by atoms with Gasteiger partial charge in [0.2, 0.25) is 0 Å². The summed E-state index contributed by atoms with van der Waals surface area (Å²) in [6.07, 6.45) is 4.93. The van der Waals surface area contributed by atoms with Gasteiger partial charge in [-0.25, -0.2) is 0 Å². The van der Waals surface area contributed by atoms with Crippen LogP contribution in [0.15, 0.2) is 84.9 Å². The van der Waals surface area contributed by atoms with E-state index in [9.17, 15) is 5.11 Å². The van der Waals surface area contributed by atoms with Crippen molar-refractivity contribution in [1.29, 1.82) is 0 Å². The smallest absolute Gasteiger partial charge is 0.115 e. The third kappa shape index (κ3) is 1.95. The third-order valence-corrected chi connectivity index (χ3v) is 9.50. The molecule has 0 saturated heterocycles. The molecule has 3 fully saturated rings. The second-order valence-electron chi connectivity index (χ2n) is 10.6. The van der Waals surface area contributed by atoms with Crippen molar-refractivity contribution < 1.29 is 5.11 Å². The molecule has 3 aliphatic rings. The summed E-state index contributed by atoms with van der Waals surface area (Å²) in [5, 5.41) is 9.93. The number of fused-ring (bicyclic) bond motifs is 1. The van der Waals surface area contributed by atoms with E-state index in [4.69, 9.17) is 0 Å². The predicted molar refractivity (Wildman–Crippen MR) is 122 cm³/mol. The molecule has 0 heterocycles. The van der Waals surface area contributed by atoms with E-state index in [0.29, 0.717) is 11.7 Å². The Morgan fingerprint density at radius 1 is 0.700 bits per heavy atom. The second kappa shape index (κ2) is 5.78. The lowest BCUT2D eigenvalue weighted by molar-refractivity contribution is -0.113. The molecule has 0 amide bonds. The number of hydrogen-bond acceptors (Lipinski definition) is 1. The molecule has 3 aromatic rings. The van der Waals surface area contributed by atoms with Crippen LogP contribution in [0.3, 0.4) is 0 Å². The molecule has 30 heavy (non-hydrogen) atoms. The van der Waals surface area contributed by atoms with Gasteiger partial charge in [0.05, 0.1) is 0 Å². The molecule has 5 atom stereocenters. The van der Waals surface area contributed by atoms with Gasteiger partial charge in [-0.1, -0.05) is 86.6 Å². The normalized spacial score (nSPS) is 38.8. The van der Waals surface area contributed by atoms with Gasteiger partial charge in [-0.05, 0) is 71.3 Å². The van der Waals surface area contributed by atoms with Crippen molar-refractivity contribution in [1.82, 2.24) is 0 Å². The van der Waals surface area contributed by atoms with E-state index in [1.54, 1.807) is 0 Å². The average molecular weight is 395 g/mol. The van der Waals surface area contributed by atoms with E-state index in [2.05, 4.69) is 86.6 Å². The number of rotatable bonds is 3. The van der Waals surface area contributed by atoms with Gasteiger partial charge in [0.1, 0.15) is 5.75 Å². The fourth-order valence-electron chi connectivity index (χ4n) is 8.71. The second-order valence-corrected chi connectivity index (χ2v) is 10.6. The van der Waals surface area contributed by atoms with Crippen LogP contribution in [0.4, 0.5) is 0 Å². The van der Waals surface area contributed by atoms with Crippen molar-refractivity contribution in [2.24, 2.45) is 11.3 Å². The number of hydrogen-bond donors (Lipinski definition) is 1. The van der Waals surface area contributed by atoms with Crippen LogP contribution in [0, 0.1) is 11.3 Å². The standard InChI is InChI=1S/C29H30O/c1-21-17-28(24-11-7-4-8-12-24)19-27(23-13-15-25(30)16-14-23)18-26(2,29(21,28)20-27)22-9-5-3-6-10-22/h3-16,21,30H,17-20H2,1-2H3. The Morgan fingerprint density at radius 3 is 1.90 bits per heavy atom. The zero-order chi connectivity index (χ0) is 20.6. The Labute approximate surface area is 179 Å². The highest BCUT2D eigenvalue weighted by atomic mass is 16.3. The van der Waals surface area contributed by atoms with Crippen molar-refractivity contribution in [3.05, 3.63) is 102 Å². The van der Waals surface area contributed by atoms with Gasteiger partial charge in [-0.2, -0.15) is 0 Å². The lowest BCUT2D eigenvalue weighted by Gasteiger charge is -2.69. The maximum Gasteiger partial charge on any atom is 0.115 e. The van der Waals surface area contributed by atoms with E-state index < -0.39 is 0 Å². The molecule has 3 aromatic carbocycles. The predicted octanol–water partition coefficient (Wildman–Crippen LogP) is 6.75. The molecule has 3 saturated carbocycles. The van der Waals surface area contributed by atoms with Gasteiger partial charge >= 0.3 is 0 Å². The zero-order valence-corrected chi connectivity index (χ0v) is 17.9. The molecule has 1 spiro atoms. The van der Waals surface area contributed by atoms with Crippen molar-refractivity contribution >= 4 is 0 Å². The quantitative estimate of drug-likeness (QED) is 0.521. The Bertz CT molecular complexity index is 1030. The molecular formula is C29H30O. The van der Waals surface area contributed by atoms with Crippen LogP contribution in [0.1, 0.15) is 56.2 Å². The van der Waals surface area contributed by atoms with Gasteiger partial charge in [-0.3, -0.25) is 0 Å². The monoisotopic (exact) mass is 394 g/mol. The van der Waals surface area contributed by atoms with Crippen LogP contribution in [-0.4, -0.2) is 5.11 Å². The first-order valence-corrected chi connectivity index (χ1v) is 11.4. The molecule has 5 unspecified atom stereocenters. The molecular weight excluding hydrogens is 364 g/mol. The van der Waals surface area contributed by atoms with Crippen LogP contribution in [0.2, 0.25) is 0 Å². The maximum absolute atomic E-state index is 9.93. The summed E-state index contributed by atoms with van der Waals surface area (Å²) in [6.45, 7) is 5.05. The van der Waals surface area contributed by atoms with E-state index in [0.717, 1.165) is 0 Å². The highest BCUT2D eigenvalue weighted by molar-refractivity contribution is 5.53. The maximum atomic E-state index is 9.93. The van der Waals surface area contributed by atoms with E-state index in [-0.39, 0.29) is 21.7 Å². The van der Waals surface area contributed by atoms with Crippen molar-refractivity contribution in [3.63, 3.8) is 0 Å². The van der Waals surface area contributed by atoms with E-state index in [1.807, 2.05) is 12.1 Å². The van der Waals surface area contributed by atoms with Crippen molar-refractivity contribution in [3.8, 4) is 5.75 Å². The number of phenols is 1. The fourth-order valence-corrected chi connectivity index (χ4v) is 8.71. The van der Waals surface area contributed by atoms with Crippen molar-refractivity contribution in [2.45, 2.75) is 55.8 Å². The summed E-state index contributed by atoms with van der Waals surface area (Å²) >= 11 is 0. The molecule has 1 N–H and O–H groups in total. The van der Waals surface area contributed by atoms with E-state index >= 15 is 0 Å². The minimum atomic E-state index is 0.137. The Balaban J connectivity index is 1.61. The van der Waals surface area contributed by atoms with Crippen LogP contribution in [0.25, 0.3) is 0 Å². The van der Waals surface area contributed by atoms with Gasteiger partial charge in [-0.15, -0.1) is 0 Å². The largest absolute Gasteiger partial charge is 0.508 e. The zero-order valence-electron chi connectivity index (χ0n) is 17.9. The summed E-state index contributed by atoms with van der Waals surface area (Å²) in [5.41, 5.74) is 5.24.